The molecule has 90 valence electrons. The van der Waals surface area contributed by atoms with E-state index in [9.17, 15) is 0 Å². The Morgan fingerprint density at radius 2 is 2.00 bits per heavy atom. The standard InChI is InChI=1S/C15H24O/c1-5-7-13(6-2)10-14-9-8-12(3)15(11-14)16-4/h8-9,11,13H,5-7,10H2,1-4H3. The Morgan fingerprint density at radius 1 is 1.25 bits per heavy atom. The maximum Gasteiger partial charge on any atom is 0.122 e. The van der Waals surface area contributed by atoms with Crippen molar-refractivity contribution in [3.63, 3.8) is 0 Å². The van der Waals surface area contributed by atoms with Gasteiger partial charge in [0.05, 0.1) is 7.11 Å². The Labute approximate surface area is 99.8 Å². The fraction of sp³-hybridized carbons (Fsp3) is 0.600. The van der Waals surface area contributed by atoms with Gasteiger partial charge in [-0.2, -0.15) is 0 Å². The van der Waals surface area contributed by atoms with Crippen LogP contribution >= 0.6 is 0 Å². The van der Waals surface area contributed by atoms with Crippen molar-refractivity contribution in [2.75, 3.05) is 7.11 Å². The molecule has 1 aromatic carbocycles. The van der Waals surface area contributed by atoms with Crippen molar-refractivity contribution in [2.24, 2.45) is 5.92 Å². The Kier molecular flexibility index (Phi) is 5.37. The minimum atomic E-state index is 0.817. The first-order valence-corrected chi connectivity index (χ1v) is 6.34. The topological polar surface area (TPSA) is 9.23 Å². The van der Waals surface area contributed by atoms with Crippen molar-refractivity contribution in [2.45, 2.75) is 46.5 Å². The first-order chi connectivity index (χ1) is 7.71. The molecule has 0 amide bonds. The molecule has 1 atom stereocenters. The summed E-state index contributed by atoms with van der Waals surface area (Å²) in [5, 5.41) is 0. The molecule has 0 aliphatic rings. The van der Waals surface area contributed by atoms with Gasteiger partial charge in [-0.15, -0.1) is 0 Å². The molecule has 0 radical (unpaired) electrons. The van der Waals surface area contributed by atoms with Gasteiger partial charge in [0.2, 0.25) is 0 Å². The highest BCUT2D eigenvalue weighted by molar-refractivity contribution is 5.36. The summed E-state index contributed by atoms with van der Waals surface area (Å²) in [4.78, 5) is 0. The fourth-order valence-corrected chi connectivity index (χ4v) is 2.18. The van der Waals surface area contributed by atoms with Gasteiger partial charge in [0.25, 0.3) is 0 Å². The highest BCUT2D eigenvalue weighted by atomic mass is 16.5. The molecule has 0 aromatic heterocycles. The zero-order valence-electron chi connectivity index (χ0n) is 11.0. The Balaban J connectivity index is 2.72. The Morgan fingerprint density at radius 3 is 2.56 bits per heavy atom. The van der Waals surface area contributed by atoms with Gasteiger partial charge in [0.15, 0.2) is 0 Å². The van der Waals surface area contributed by atoms with Crippen LogP contribution in [0.4, 0.5) is 0 Å². The second-order valence-corrected chi connectivity index (χ2v) is 4.57. The maximum atomic E-state index is 5.36. The Hall–Kier alpha value is -0.980. The van der Waals surface area contributed by atoms with Gasteiger partial charge < -0.3 is 4.74 Å². The van der Waals surface area contributed by atoms with Crippen LogP contribution in [0.5, 0.6) is 5.75 Å². The highest BCUT2D eigenvalue weighted by Crippen LogP contribution is 2.23. The summed E-state index contributed by atoms with van der Waals surface area (Å²) < 4.78 is 5.36. The summed E-state index contributed by atoms with van der Waals surface area (Å²) in [6, 6.07) is 6.58. The number of ether oxygens (including phenoxy) is 1. The quantitative estimate of drug-likeness (QED) is 0.691. The average molecular weight is 220 g/mol. The van der Waals surface area contributed by atoms with Crippen molar-refractivity contribution < 1.29 is 4.74 Å². The molecule has 0 aliphatic carbocycles. The summed E-state index contributed by atoms with van der Waals surface area (Å²) in [6.45, 7) is 6.64. The minimum Gasteiger partial charge on any atom is -0.496 e. The molecule has 0 saturated carbocycles. The number of methoxy groups -OCH3 is 1. The van der Waals surface area contributed by atoms with E-state index in [1.807, 2.05) is 0 Å². The van der Waals surface area contributed by atoms with Crippen LogP contribution in [0.1, 0.15) is 44.2 Å². The predicted octanol–water partition coefficient (Wildman–Crippen LogP) is 4.37. The number of aryl methyl sites for hydroxylation is 1. The van der Waals surface area contributed by atoms with Crippen molar-refractivity contribution >= 4 is 0 Å². The lowest BCUT2D eigenvalue weighted by molar-refractivity contribution is 0.409. The van der Waals surface area contributed by atoms with Gasteiger partial charge in [-0.3, -0.25) is 0 Å². The smallest absolute Gasteiger partial charge is 0.122 e. The fourth-order valence-electron chi connectivity index (χ4n) is 2.18. The minimum absolute atomic E-state index is 0.817. The SMILES string of the molecule is CCCC(CC)Cc1ccc(C)c(OC)c1. The van der Waals surface area contributed by atoms with Gasteiger partial charge >= 0.3 is 0 Å². The zero-order chi connectivity index (χ0) is 12.0. The molecule has 0 bridgehead atoms. The predicted molar refractivity (Wildman–Crippen MR) is 70.1 cm³/mol. The molecule has 1 nitrogen and oxygen atoms in total. The summed E-state index contributed by atoms with van der Waals surface area (Å²) in [7, 11) is 1.75. The average Bonchev–Trinajstić information content (AvgIpc) is 2.30. The van der Waals surface area contributed by atoms with E-state index in [0.717, 1.165) is 11.7 Å². The molecule has 1 heteroatoms. The lowest BCUT2D eigenvalue weighted by Crippen LogP contribution is -2.03. The van der Waals surface area contributed by atoms with Gasteiger partial charge in [-0.1, -0.05) is 45.2 Å². The lowest BCUT2D eigenvalue weighted by Gasteiger charge is -2.15. The number of hydrogen-bond donors (Lipinski definition) is 0. The largest absolute Gasteiger partial charge is 0.496 e. The molecule has 0 saturated heterocycles. The lowest BCUT2D eigenvalue weighted by atomic mass is 9.92. The van der Waals surface area contributed by atoms with Gasteiger partial charge in [0.1, 0.15) is 5.75 Å². The molecule has 0 N–H and O–H groups in total. The van der Waals surface area contributed by atoms with Crippen LogP contribution in [0.15, 0.2) is 18.2 Å². The van der Waals surface area contributed by atoms with E-state index in [2.05, 4.69) is 39.0 Å². The number of hydrogen-bond acceptors (Lipinski definition) is 1. The third-order valence-electron chi connectivity index (χ3n) is 3.27. The molecule has 0 spiro atoms. The summed E-state index contributed by atoms with van der Waals surface area (Å²) in [5.74, 6) is 1.83. The first-order valence-electron chi connectivity index (χ1n) is 6.34. The van der Waals surface area contributed by atoms with Gasteiger partial charge in [0, 0.05) is 0 Å². The number of rotatable bonds is 6. The van der Waals surface area contributed by atoms with Crippen LogP contribution < -0.4 is 4.74 Å². The van der Waals surface area contributed by atoms with Crippen molar-refractivity contribution in [1.82, 2.24) is 0 Å². The first kappa shape index (κ1) is 13.1. The molecule has 0 heterocycles. The van der Waals surface area contributed by atoms with E-state index >= 15 is 0 Å². The highest BCUT2D eigenvalue weighted by Gasteiger charge is 2.08. The molecule has 1 rings (SSSR count). The molecule has 0 fully saturated rings. The van der Waals surface area contributed by atoms with Crippen LogP contribution in [0.3, 0.4) is 0 Å². The normalized spacial score (nSPS) is 12.5. The third kappa shape index (κ3) is 3.55. The molecular formula is C15H24O. The molecule has 0 aliphatic heterocycles. The van der Waals surface area contributed by atoms with Crippen molar-refractivity contribution in [1.29, 1.82) is 0 Å². The third-order valence-corrected chi connectivity index (χ3v) is 3.27. The molecule has 1 unspecified atom stereocenters. The van der Waals surface area contributed by atoms with E-state index in [0.29, 0.717) is 0 Å². The summed E-state index contributed by atoms with van der Waals surface area (Å²) in [6.07, 6.45) is 5.05. The van der Waals surface area contributed by atoms with E-state index in [4.69, 9.17) is 4.74 Å². The number of benzene rings is 1. The molecular weight excluding hydrogens is 196 g/mol. The van der Waals surface area contributed by atoms with E-state index in [1.165, 1.54) is 36.8 Å². The Bertz CT molecular complexity index is 317. The molecule has 16 heavy (non-hydrogen) atoms. The monoisotopic (exact) mass is 220 g/mol. The molecule has 1 aromatic rings. The van der Waals surface area contributed by atoms with Crippen LogP contribution in [0, 0.1) is 12.8 Å². The zero-order valence-corrected chi connectivity index (χ0v) is 11.0. The summed E-state index contributed by atoms with van der Waals surface area (Å²) >= 11 is 0. The van der Waals surface area contributed by atoms with Crippen LogP contribution in [-0.2, 0) is 6.42 Å². The van der Waals surface area contributed by atoms with Crippen LogP contribution in [0.2, 0.25) is 0 Å². The second kappa shape index (κ2) is 6.57. The summed E-state index contributed by atoms with van der Waals surface area (Å²) in [5.41, 5.74) is 2.62. The second-order valence-electron chi connectivity index (χ2n) is 4.57. The van der Waals surface area contributed by atoms with E-state index in [1.54, 1.807) is 7.11 Å². The van der Waals surface area contributed by atoms with E-state index in [-0.39, 0.29) is 0 Å². The van der Waals surface area contributed by atoms with Crippen molar-refractivity contribution in [3.05, 3.63) is 29.3 Å². The van der Waals surface area contributed by atoms with Crippen molar-refractivity contribution in [3.8, 4) is 5.75 Å². The van der Waals surface area contributed by atoms with Crippen LogP contribution in [0.25, 0.3) is 0 Å². The van der Waals surface area contributed by atoms with Gasteiger partial charge in [-0.05, 0) is 36.5 Å². The maximum absolute atomic E-state index is 5.36. The van der Waals surface area contributed by atoms with Crippen LogP contribution in [-0.4, -0.2) is 7.11 Å². The van der Waals surface area contributed by atoms with E-state index < -0.39 is 0 Å². The van der Waals surface area contributed by atoms with Gasteiger partial charge in [-0.25, -0.2) is 0 Å².